The molecule has 6 heteroatoms. The average Bonchev–Trinajstić information content (AvgIpc) is 2.90. The molecule has 0 aliphatic carbocycles. The molecule has 0 saturated carbocycles. The van der Waals surface area contributed by atoms with Crippen LogP contribution in [0.25, 0.3) is 0 Å². The summed E-state index contributed by atoms with van der Waals surface area (Å²) < 4.78 is 1.83. The van der Waals surface area contributed by atoms with E-state index in [2.05, 4.69) is 11.4 Å². The Bertz CT molecular complexity index is 687. The Morgan fingerprint density at radius 3 is 2.95 bits per heavy atom. The van der Waals surface area contributed by atoms with Crippen molar-refractivity contribution in [2.24, 2.45) is 0 Å². The van der Waals surface area contributed by atoms with Gasteiger partial charge in [-0.2, -0.15) is 5.26 Å². The molecule has 108 valence electrons. The van der Waals surface area contributed by atoms with Gasteiger partial charge in [0.1, 0.15) is 11.8 Å². The van der Waals surface area contributed by atoms with Crippen LogP contribution in [0.5, 0.6) is 0 Å². The Hall–Kier alpha value is -2.45. The van der Waals surface area contributed by atoms with Crippen molar-refractivity contribution in [1.29, 1.82) is 5.26 Å². The summed E-state index contributed by atoms with van der Waals surface area (Å²) in [5, 5.41) is 12.1. The van der Waals surface area contributed by atoms with E-state index in [1.165, 1.54) is 0 Å². The highest BCUT2D eigenvalue weighted by atomic mass is 35.5. The number of rotatable bonds is 5. The number of carbonyl (C=O) groups excluding carboxylic acids is 1. The number of nitriles is 1. The van der Waals surface area contributed by atoms with Gasteiger partial charge in [0.05, 0.1) is 10.7 Å². The van der Waals surface area contributed by atoms with Crippen LogP contribution in [0, 0.1) is 11.3 Å². The van der Waals surface area contributed by atoms with Gasteiger partial charge in [-0.15, -0.1) is 0 Å². The molecule has 2 rings (SSSR count). The molecule has 2 aromatic rings. The summed E-state index contributed by atoms with van der Waals surface area (Å²) >= 11 is 5.82. The first-order chi connectivity index (χ1) is 10.1. The van der Waals surface area contributed by atoms with E-state index in [1.807, 2.05) is 16.8 Å². The zero-order valence-electron chi connectivity index (χ0n) is 11.3. The number of hydrogen-bond acceptors (Lipinski definition) is 3. The third kappa shape index (κ3) is 4.01. The third-order valence-corrected chi connectivity index (χ3v) is 3.37. The molecular weight excluding hydrogens is 288 g/mol. The van der Waals surface area contributed by atoms with Crippen molar-refractivity contribution in [1.82, 2.24) is 4.57 Å². The summed E-state index contributed by atoms with van der Waals surface area (Å²) in [5.41, 5.74) is 7.33. The van der Waals surface area contributed by atoms with Crippen LogP contribution in [-0.4, -0.2) is 10.5 Å². The van der Waals surface area contributed by atoms with Crippen molar-refractivity contribution >= 4 is 28.9 Å². The largest absolute Gasteiger partial charge is 0.397 e. The molecule has 0 aliphatic rings. The van der Waals surface area contributed by atoms with Crippen LogP contribution in [0.3, 0.4) is 0 Å². The molecule has 0 fully saturated rings. The molecule has 0 aliphatic heterocycles. The number of benzene rings is 1. The summed E-state index contributed by atoms with van der Waals surface area (Å²) in [6.07, 6.45) is 2.85. The molecule has 0 atom stereocenters. The lowest BCUT2D eigenvalue weighted by Gasteiger charge is -2.08. The fourth-order valence-corrected chi connectivity index (χ4v) is 2.08. The van der Waals surface area contributed by atoms with Crippen LogP contribution in [0.1, 0.15) is 18.5 Å². The Morgan fingerprint density at radius 2 is 2.24 bits per heavy atom. The van der Waals surface area contributed by atoms with E-state index in [9.17, 15) is 4.79 Å². The van der Waals surface area contributed by atoms with E-state index < -0.39 is 0 Å². The van der Waals surface area contributed by atoms with Gasteiger partial charge in [-0.1, -0.05) is 11.6 Å². The lowest BCUT2D eigenvalue weighted by atomic mass is 10.2. The summed E-state index contributed by atoms with van der Waals surface area (Å²) in [6.45, 7) is 0.631. The van der Waals surface area contributed by atoms with E-state index in [4.69, 9.17) is 22.6 Å². The quantitative estimate of drug-likeness (QED) is 0.833. The van der Waals surface area contributed by atoms with E-state index in [0.717, 1.165) is 0 Å². The second-order valence-electron chi connectivity index (χ2n) is 4.59. The van der Waals surface area contributed by atoms with Gasteiger partial charge in [0.2, 0.25) is 5.91 Å². The molecule has 5 nitrogen and oxygen atoms in total. The number of aryl methyl sites for hydroxylation is 1. The third-order valence-electron chi connectivity index (χ3n) is 3.03. The number of hydrogen-bond donors (Lipinski definition) is 2. The molecule has 0 spiro atoms. The second-order valence-corrected chi connectivity index (χ2v) is 4.99. The monoisotopic (exact) mass is 302 g/mol. The Morgan fingerprint density at radius 1 is 1.43 bits per heavy atom. The molecule has 1 amide bonds. The molecule has 1 aromatic heterocycles. The van der Waals surface area contributed by atoms with Gasteiger partial charge in [-0.3, -0.25) is 4.79 Å². The van der Waals surface area contributed by atoms with Gasteiger partial charge in [0, 0.05) is 24.8 Å². The van der Waals surface area contributed by atoms with Crippen LogP contribution in [0.15, 0.2) is 36.5 Å². The molecule has 3 N–H and O–H groups in total. The number of anilines is 2. The summed E-state index contributed by atoms with van der Waals surface area (Å²) in [7, 11) is 0. The van der Waals surface area contributed by atoms with E-state index in [1.54, 1.807) is 24.3 Å². The van der Waals surface area contributed by atoms with Gasteiger partial charge in [-0.05, 0) is 36.8 Å². The van der Waals surface area contributed by atoms with Crippen molar-refractivity contribution in [3.63, 3.8) is 0 Å². The minimum atomic E-state index is -0.0950. The molecule has 0 saturated heterocycles. The van der Waals surface area contributed by atoms with E-state index in [-0.39, 0.29) is 5.91 Å². The molecule has 1 heterocycles. The maximum Gasteiger partial charge on any atom is 0.224 e. The SMILES string of the molecule is N#Cc1cccn1CCCC(=O)Nc1ccc(Cl)c(N)c1. The van der Waals surface area contributed by atoms with Gasteiger partial charge >= 0.3 is 0 Å². The summed E-state index contributed by atoms with van der Waals surface area (Å²) in [4.78, 5) is 11.8. The lowest BCUT2D eigenvalue weighted by molar-refractivity contribution is -0.116. The molecular formula is C15H15ClN4O. The average molecular weight is 303 g/mol. The smallest absolute Gasteiger partial charge is 0.224 e. The first kappa shape index (κ1) is 14.9. The number of nitrogens with two attached hydrogens (primary N) is 1. The predicted molar refractivity (Wildman–Crippen MR) is 82.9 cm³/mol. The highest BCUT2D eigenvalue weighted by Crippen LogP contribution is 2.22. The standard InChI is InChI=1S/C15H15ClN4O/c16-13-6-5-11(9-14(13)18)19-15(21)4-2-8-20-7-1-3-12(20)10-17/h1,3,5-7,9H,2,4,8,18H2,(H,19,21). The number of nitrogen functional groups attached to an aromatic ring is 1. The van der Waals surface area contributed by atoms with Crippen LogP contribution in [0.4, 0.5) is 11.4 Å². The van der Waals surface area contributed by atoms with Gasteiger partial charge in [-0.25, -0.2) is 0 Å². The van der Waals surface area contributed by atoms with Crippen molar-refractivity contribution < 1.29 is 4.79 Å². The first-order valence-corrected chi connectivity index (χ1v) is 6.88. The second kappa shape index (κ2) is 6.82. The number of amides is 1. The van der Waals surface area contributed by atoms with Crippen LogP contribution < -0.4 is 11.1 Å². The van der Waals surface area contributed by atoms with Crippen LogP contribution in [0.2, 0.25) is 5.02 Å². The van der Waals surface area contributed by atoms with Crippen LogP contribution >= 0.6 is 11.6 Å². The summed E-state index contributed by atoms with van der Waals surface area (Å²) in [5.74, 6) is -0.0950. The minimum Gasteiger partial charge on any atom is -0.397 e. The number of aromatic nitrogens is 1. The fraction of sp³-hybridized carbons (Fsp3) is 0.200. The van der Waals surface area contributed by atoms with Gasteiger partial charge in [0.15, 0.2) is 0 Å². The number of nitrogens with one attached hydrogen (secondary N) is 1. The number of halogens is 1. The van der Waals surface area contributed by atoms with Crippen molar-refractivity contribution in [2.45, 2.75) is 19.4 Å². The lowest BCUT2D eigenvalue weighted by Crippen LogP contribution is -2.12. The van der Waals surface area contributed by atoms with Gasteiger partial charge < -0.3 is 15.6 Å². The number of nitrogens with zero attached hydrogens (tertiary/aromatic N) is 2. The molecule has 0 radical (unpaired) electrons. The topological polar surface area (TPSA) is 83.8 Å². The molecule has 1 aromatic carbocycles. The van der Waals surface area contributed by atoms with Gasteiger partial charge in [0.25, 0.3) is 0 Å². The van der Waals surface area contributed by atoms with E-state index in [0.29, 0.717) is 41.5 Å². The van der Waals surface area contributed by atoms with Crippen molar-refractivity contribution in [3.05, 3.63) is 47.2 Å². The zero-order valence-corrected chi connectivity index (χ0v) is 12.1. The minimum absolute atomic E-state index is 0.0950. The predicted octanol–water partition coefficient (Wildman–Crippen LogP) is 3.01. The van der Waals surface area contributed by atoms with E-state index >= 15 is 0 Å². The number of carbonyl (C=O) groups is 1. The Balaban J connectivity index is 1.82. The summed E-state index contributed by atoms with van der Waals surface area (Å²) in [6, 6.07) is 10.6. The van der Waals surface area contributed by atoms with Crippen LogP contribution in [-0.2, 0) is 11.3 Å². The highest BCUT2D eigenvalue weighted by molar-refractivity contribution is 6.33. The molecule has 0 unspecified atom stereocenters. The fourth-order valence-electron chi connectivity index (χ4n) is 1.97. The highest BCUT2D eigenvalue weighted by Gasteiger charge is 2.05. The molecule has 21 heavy (non-hydrogen) atoms. The zero-order chi connectivity index (χ0) is 15.2. The molecule has 0 bridgehead atoms. The van der Waals surface area contributed by atoms with Crippen molar-refractivity contribution in [2.75, 3.05) is 11.1 Å². The van der Waals surface area contributed by atoms with Crippen molar-refractivity contribution in [3.8, 4) is 6.07 Å². The first-order valence-electron chi connectivity index (χ1n) is 6.50. The maximum atomic E-state index is 11.8. The Labute approximate surface area is 127 Å². The normalized spacial score (nSPS) is 10.1. The maximum absolute atomic E-state index is 11.8. The Kier molecular flexibility index (Phi) is 4.85.